The highest BCUT2D eigenvalue weighted by Crippen LogP contribution is 2.26. The second-order valence-electron chi connectivity index (χ2n) is 5.96. The molecule has 1 aromatic heterocycles. The number of carbonyl (C=O) groups is 1. The highest BCUT2D eigenvalue weighted by Gasteiger charge is 2.20. The zero-order chi connectivity index (χ0) is 19.6. The molecule has 3 aromatic rings. The molecule has 0 fully saturated rings. The lowest BCUT2D eigenvalue weighted by Gasteiger charge is -2.21. The molecule has 0 unspecified atom stereocenters. The molecule has 27 heavy (non-hydrogen) atoms. The molecule has 0 radical (unpaired) electrons. The number of benzene rings is 2. The van der Waals surface area contributed by atoms with Crippen LogP contribution in [-0.4, -0.2) is 11.0 Å². The summed E-state index contributed by atoms with van der Waals surface area (Å²) in [6.07, 6.45) is 0. The van der Waals surface area contributed by atoms with Gasteiger partial charge < -0.3 is 5.73 Å². The molecule has 0 aliphatic rings. The number of hydrogen-bond donors (Lipinski definition) is 1. The number of aryl methyl sites for hydroxylation is 1. The minimum Gasteiger partial charge on any atom is -0.351 e. The van der Waals surface area contributed by atoms with E-state index in [1.807, 2.05) is 0 Å². The van der Waals surface area contributed by atoms with Gasteiger partial charge in [-0.1, -0.05) is 12.1 Å². The molecule has 0 aliphatic carbocycles. The summed E-state index contributed by atoms with van der Waals surface area (Å²) in [5, 5.41) is 0. The van der Waals surface area contributed by atoms with Crippen molar-refractivity contribution in [2.24, 2.45) is 5.73 Å². The first-order valence-electron chi connectivity index (χ1n) is 8.10. The first-order chi connectivity index (χ1) is 12.9. The van der Waals surface area contributed by atoms with Crippen molar-refractivity contribution in [3.05, 3.63) is 83.2 Å². The number of nitrogens with two attached hydrogens (primary N) is 1. The zero-order valence-corrected chi connectivity index (χ0v) is 14.4. The predicted octanol–water partition coefficient (Wildman–Crippen LogP) is 4.56. The SMILES string of the molecule is Cc1cc(F)ccc1-c1cccc(N(Cc2c(F)cccc2F)C(N)=O)n1. The summed E-state index contributed by atoms with van der Waals surface area (Å²) in [7, 11) is 0. The minimum absolute atomic E-state index is 0.131. The Morgan fingerprint density at radius 2 is 1.70 bits per heavy atom. The second kappa shape index (κ2) is 7.49. The van der Waals surface area contributed by atoms with Gasteiger partial charge in [0.25, 0.3) is 0 Å². The first kappa shape index (κ1) is 18.4. The van der Waals surface area contributed by atoms with Crippen molar-refractivity contribution in [2.45, 2.75) is 13.5 Å². The van der Waals surface area contributed by atoms with E-state index in [2.05, 4.69) is 4.98 Å². The number of carbonyl (C=O) groups excluding carboxylic acids is 1. The zero-order valence-electron chi connectivity index (χ0n) is 14.4. The van der Waals surface area contributed by atoms with E-state index in [4.69, 9.17) is 5.73 Å². The Bertz CT molecular complexity index is 987. The number of aromatic nitrogens is 1. The highest BCUT2D eigenvalue weighted by molar-refractivity contribution is 5.89. The van der Waals surface area contributed by atoms with E-state index >= 15 is 0 Å². The maximum atomic E-state index is 14.0. The van der Waals surface area contributed by atoms with Crippen LogP contribution in [0.3, 0.4) is 0 Å². The Morgan fingerprint density at radius 3 is 2.33 bits per heavy atom. The van der Waals surface area contributed by atoms with Gasteiger partial charge >= 0.3 is 6.03 Å². The van der Waals surface area contributed by atoms with E-state index in [0.29, 0.717) is 16.8 Å². The molecule has 4 nitrogen and oxygen atoms in total. The number of rotatable bonds is 4. The fourth-order valence-electron chi connectivity index (χ4n) is 2.75. The molecule has 7 heteroatoms. The smallest absolute Gasteiger partial charge is 0.320 e. The quantitative estimate of drug-likeness (QED) is 0.731. The standard InChI is InChI=1S/C20H16F3N3O/c1-12-10-13(21)8-9-14(12)18-6-3-7-19(25-18)26(20(24)27)11-15-16(22)4-2-5-17(15)23/h2-10H,11H2,1H3,(H2,24,27). The van der Waals surface area contributed by atoms with Gasteiger partial charge in [0.1, 0.15) is 23.3 Å². The largest absolute Gasteiger partial charge is 0.351 e. The van der Waals surface area contributed by atoms with Gasteiger partial charge in [0.15, 0.2) is 0 Å². The monoisotopic (exact) mass is 371 g/mol. The molecule has 3 rings (SSSR count). The third-order valence-corrected chi connectivity index (χ3v) is 4.12. The first-order valence-corrected chi connectivity index (χ1v) is 8.10. The van der Waals surface area contributed by atoms with Crippen molar-refractivity contribution in [1.29, 1.82) is 0 Å². The summed E-state index contributed by atoms with van der Waals surface area (Å²) in [5.74, 6) is -1.81. The summed E-state index contributed by atoms with van der Waals surface area (Å²) in [4.78, 5) is 17.2. The number of urea groups is 1. The Labute approximate surface area is 154 Å². The molecule has 2 aromatic carbocycles. The van der Waals surface area contributed by atoms with Crippen LogP contribution in [0.2, 0.25) is 0 Å². The van der Waals surface area contributed by atoms with Crippen LogP contribution in [0.4, 0.5) is 23.8 Å². The van der Waals surface area contributed by atoms with Crippen LogP contribution in [0.15, 0.2) is 54.6 Å². The number of primary amides is 1. The molecule has 0 bridgehead atoms. The summed E-state index contributed by atoms with van der Waals surface area (Å²) in [5.41, 5.74) is 6.92. The Hall–Kier alpha value is -3.35. The van der Waals surface area contributed by atoms with Crippen LogP contribution < -0.4 is 10.6 Å². The van der Waals surface area contributed by atoms with Gasteiger partial charge in [0.05, 0.1) is 12.2 Å². The van der Waals surface area contributed by atoms with E-state index in [1.54, 1.807) is 25.1 Å². The average molecular weight is 371 g/mol. The molecule has 0 saturated heterocycles. The van der Waals surface area contributed by atoms with Crippen molar-refractivity contribution in [2.75, 3.05) is 4.90 Å². The fraction of sp³-hybridized carbons (Fsp3) is 0.100. The minimum atomic E-state index is -0.905. The third-order valence-electron chi connectivity index (χ3n) is 4.12. The van der Waals surface area contributed by atoms with Gasteiger partial charge in [0, 0.05) is 11.1 Å². The van der Waals surface area contributed by atoms with Gasteiger partial charge in [-0.2, -0.15) is 0 Å². The Balaban J connectivity index is 2.01. The predicted molar refractivity (Wildman–Crippen MR) is 96.5 cm³/mol. The van der Waals surface area contributed by atoms with E-state index < -0.39 is 24.2 Å². The van der Waals surface area contributed by atoms with Crippen LogP contribution in [0.25, 0.3) is 11.3 Å². The number of hydrogen-bond acceptors (Lipinski definition) is 2. The number of anilines is 1. The maximum absolute atomic E-state index is 14.0. The molecule has 0 aliphatic heterocycles. The Kier molecular flexibility index (Phi) is 5.12. The second-order valence-corrected chi connectivity index (χ2v) is 5.96. The van der Waals surface area contributed by atoms with Gasteiger partial charge in [-0.05, 0) is 55.0 Å². The fourth-order valence-corrected chi connectivity index (χ4v) is 2.75. The number of pyridine rings is 1. The van der Waals surface area contributed by atoms with Crippen molar-refractivity contribution in [3.63, 3.8) is 0 Å². The van der Waals surface area contributed by atoms with Gasteiger partial charge in [-0.3, -0.25) is 4.90 Å². The number of nitrogens with zero attached hydrogens (tertiary/aromatic N) is 2. The van der Waals surface area contributed by atoms with Crippen LogP contribution in [0.1, 0.15) is 11.1 Å². The summed E-state index contributed by atoms with van der Waals surface area (Å²) >= 11 is 0. The van der Waals surface area contributed by atoms with Crippen molar-refractivity contribution < 1.29 is 18.0 Å². The molecular weight excluding hydrogens is 355 g/mol. The maximum Gasteiger partial charge on any atom is 0.320 e. The van der Waals surface area contributed by atoms with E-state index in [0.717, 1.165) is 17.0 Å². The molecule has 2 N–H and O–H groups in total. The van der Waals surface area contributed by atoms with Crippen molar-refractivity contribution in [1.82, 2.24) is 4.98 Å². The topological polar surface area (TPSA) is 59.2 Å². The molecule has 0 saturated carbocycles. The molecule has 0 atom stereocenters. The van der Waals surface area contributed by atoms with E-state index in [9.17, 15) is 18.0 Å². The van der Waals surface area contributed by atoms with Gasteiger partial charge in [-0.25, -0.2) is 22.9 Å². The van der Waals surface area contributed by atoms with Crippen molar-refractivity contribution in [3.8, 4) is 11.3 Å². The van der Waals surface area contributed by atoms with Gasteiger partial charge in [-0.15, -0.1) is 0 Å². The molecular formula is C20H16F3N3O. The van der Waals surface area contributed by atoms with Crippen LogP contribution in [-0.2, 0) is 6.54 Å². The average Bonchev–Trinajstić information content (AvgIpc) is 2.61. The lowest BCUT2D eigenvalue weighted by atomic mass is 10.1. The van der Waals surface area contributed by atoms with E-state index in [-0.39, 0.29) is 17.2 Å². The van der Waals surface area contributed by atoms with Crippen LogP contribution in [0.5, 0.6) is 0 Å². The third kappa shape index (κ3) is 3.92. The lowest BCUT2D eigenvalue weighted by molar-refractivity contribution is 0.253. The number of amides is 2. The molecule has 1 heterocycles. The summed E-state index contributed by atoms with van der Waals surface area (Å²) in [6, 6.07) is 11.6. The normalized spacial score (nSPS) is 10.7. The molecule has 0 spiro atoms. The Morgan fingerprint density at radius 1 is 1.04 bits per heavy atom. The highest BCUT2D eigenvalue weighted by atomic mass is 19.1. The summed E-state index contributed by atoms with van der Waals surface area (Å²) in [6.45, 7) is 1.32. The van der Waals surface area contributed by atoms with Crippen molar-refractivity contribution >= 4 is 11.8 Å². The number of halogens is 3. The lowest BCUT2D eigenvalue weighted by Crippen LogP contribution is -2.36. The van der Waals surface area contributed by atoms with E-state index in [1.165, 1.54) is 24.3 Å². The molecule has 2 amide bonds. The summed E-state index contributed by atoms with van der Waals surface area (Å²) < 4.78 is 41.2. The van der Waals surface area contributed by atoms with Crippen LogP contribution in [0, 0.1) is 24.4 Å². The van der Waals surface area contributed by atoms with Crippen LogP contribution >= 0.6 is 0 Å². The molecule has 138 valence electrons. The van der Waals surface area contributed by atoms with Gasteiger partial charge in [0.2, 0.25) is 0 Å².